The molecule has 0 aliphatic heterocycles. The van der Waals surface area contributed by atoms with Crippen molar-refractivity contribution in [3.63, 3.8) is 0 Å². The predicted octanol–water partition coefficient (Wildman–Crippen LogP) is 3.07. The summed E-state index contributed by atoms with van der Waals surface area (Å²) < 4.78 is 10.5. The van der Waals surface area contributed by atoms with E-state index in [1.165, 1.54) is 18.2 Å². The van der Waals surface area contributed by atoms with Crippen molar-refractivity contribution in [1.82, 2.24) is 0 Å². The van der Waals surface area contributed by atoms with Crippen LogP contribution in [0.15, 0.2) is 42.5 Å². The zero-order valence-electron chi connectivity index (χ0n) is 14.4. The van der Waals surface area contributed by atoms with Gasteiger partial charge in [0.25, 0.3) is 5.91 Å². The number of esters is 1. The molecule has 0 spiro atoms. The summed E-state index contributed by atoms with van der Waals surface area (Å²) in [6.45, 7) is 2.40. The number of nitrogens with one attached hydrogen (secondary N) is 1. The Balaban J connectivity index is 1.96. The molecule has 0 bridgehead atoms. The molecule has 0 atom stereocenters. The van der Waals surface area contributed by atoms with Crippen molar-refractivity contribution in [3.8, 4) is 17.2 Å². The van der Waals surface area contributed by atoms with Gasteiger partial charge in [0.05, 0.1) is 18.9 Å². The summed E-state index contributed by atoms with van der Waals surface area (Å²) in [5.74, 6) is -0.937. The average molecular weight is 359 g/mol. The molecular formula is C19H21NO6. The molecule has 2 aromatic rings. The van der Waals surface area contributed by atoms with Crippen LogP contribution in [0.25, 0.3) is 0 Å². The molecule has 0 aliphatic carbocycles. The molecule has 0 heterocycles. The number of hydrogen-bond donors (Lipinski definition) is 3. The van der Waals surface area contributed by atoms with Gasteiger partial charge in [-0.25, -0.2) is 0 Å². The van der Waals surface area contributed by atoms with Crippen LogP contribution in [-0.4, -0.2) is 35.3 Å². The van der Waals surface area contributed by atoms with Crippen LogP contribution < -0.4 is 10.1 Å². The van der Waals surface area contributed by atoms with Gasteiger partial charge >= 0.3 is 5.97 Å². The molecule has 0 aromatic heterocycles. The van der Waals surface area contributed by atoms with E-state index >= 15 is 0 Å². The first-order chi connectivity index (χ1) is 12.5. The second-order valence-electron chi connectivity index (χ2n) is 5.41. The van der Waals surface area contributed by atoms with Crippen molar-refractivity contribution >= 4 is 17.6 Å². The third-order valence-electron chi connectivity index (χ3n) is 3.46. The monoisotopic (exact) mass is 359 g/mol. The highest BCUT2D eigenvalue weighted by atomic mass is 16.5. The van der Waals surface area contributed by atoms with Crippen LogP contribution in [0, 0.1) is 0 Å². The second-order valence-corrected chi connectivity index (χ2v) is 5.41. The minimum atomic E-state index is -0.456. The number of hydrogen-bond acceptors (Lipinski definition) is 6. The van der Waals surface area contributed by atoms with Gasteiger partial charge in [-0.15, -0.1) is 0 Å². The van der Waals surface area contributed by atoms with Gasteiger partial charge in [0, 0.05) is 12.0 Å². The van der Waals surface area contributed by atoms with Gasteiger partial charge in [-0.3, -0.25) is 9.59 Å². The Morgan fingerprint density at radius 3 is 2.58 bits per heavy atom. The molecule has 3 N–H and O–H groups in total. The Hall–Kier alpha value is -3.22. The zero-order chi connectivity index (χ0) is 18.9. The standard InChI is InChI=1S/C19H21NO6/c1-2-25-18(23)8-5-11-26-17-7-4-3-6-14(17)20-19(24)13-9-10-15(21)16(22)12-13/h3-4,6-7,9-10,12,21-22H,2,5,8,11H2,1H3,(H,20,24). The molecule has 0 unspecified atom stereocenters. The maximum absolute atomic E-state index is 12.3. The number of phenolic OH excluding ortho intramolecular Hbond substituents is 2. The lowest BCUT2D eigenvalue weighted by Gasteiger charge is -2.12. The van der Waals surface area contributed by atoms with Crippen LogP contribution >= 0.6 is 0 Å². The van der Waals surface area contributed by atoms with Crippen molar-refractivity contribution in [1.29, 1.82) is 0 Å². The van der Waals surface area contributed by atoms with Crippen molar-refractivity contribution in [2.75, 3.05) is 18.5 Å². The second kappa shape index (κ2) is 9.31. The minimum Gasteiger partial charge on any atom is -0.504 e. The van der Waals surface area contributed by atoms with Crippen LogP contribution in [0.4, 0.5) is 5.69 Å². The lowest BCUT2D eigenvalue weighted by atomic mass is 10.2. The highest BCUT2D eigenvalue weighted by Crippen LogP contribution is 2.27. The lowest BCUT2D eigenvalue weighted by molar-refractivity contribution is -0.143. The Labute approximate surface area is 151 Å². The first kappa shape index (κ1) is 19.1. The summed E-state index contributed by atoms with van der Waals surface area (Å²) in [7, 11) is 0. The van der Waals surface area contributed by atoms with E-state index in [-0.39, 0.29) is 29.5 Å². The summed E-state index contributed by atoms with van der Waals surface area (Å²) >= 11 is 0. The molecule has 26 heavy (non-hydrogen) atoms. The third kappa shape index (κ3) is 5.41. The molecule has 7 nitrogen and oxygen atoms in total. The van der Waals surface area contributed by atoms with Crippen molar-refractivity contribution in [2.45, 2.75) is 19.8 Å². The van der Waals surface area contributed by atoms with E-state index in [0.717, 1.165) is 0 Å². The topological polar surface area (TPSA) is 105 Å². The quantitative estimate of drug-likeness (QED) is 0.380. The average Bonchev–Trinajstić information content (AvgIpc) is 2.62. The van der Waals surface area contributed by atoms with Gasteiger partial charge < -0.3 is 25.0 Å². The highest BCUT2D eigenvalue weighted by Gasteiger charge is 2.12. The van der Waals surface area contributed by atoms with Gasteiger partial charge in [-0.1, -0.05) is 12.1 Å². The first-order valence-corrected chi connectivity index (χ1v) is 8.22. The smallest absolute Gasteiger partial charge is 0.305 e. The van der Waals surface area contributed by atoms with Gasteiger partial charge in [0.2, 0.25) is 0 Å². The predicted molar refractivity (Wildman–Crippen MR) is 95.5 cm³/mol. The Bertz CT molecular complexity index is 774. The lowest BCUT2D eigenvalue weighted by Crippen LogP contribution is -2.13. The van der Waals surface area contributed by atoms with E-state index in [4.69, 9.17) is 9.47 Å². The van der Waals surface area contributed by atoms with Gasteiger partial charge in [0.1, 0.15) is 5.75 Å². The van der Waals surface area contributed by atoms with Crippen LogP contribution in [-0.2, 0) is 9.53 Å². The number of para-hydroxylation sites is 2. The number of rotatable bonds is 8. The number of anilines is 1. The van der Waals surface area contributed by atoms with Gasteiger partial charge in [0.15, 0.2) is 11.5 Å². The van der Waals surface area contributed by atoms with E-state index in [0.29, 0.717) is 31.1 Å². The molecule has 2 aromatic carbocycles. The number of amides is 1. The normalized spacial score (nSPS) is 10.2. The highest BCUT2D eigenvalue weighted by molar-refractivity contribution is 6.05. The van der Waals surface area contributed by atoms with Crippen molar-refractivity contribution in [3.05, 3.63) is 48.0 Å². The van der Waals surface area contributed by atoms with E-state index in [1.807, 2.05) is 0 Å². The summed E-state index contributed by atoms with van der Waals surface area (Å²) in [6, 6.07) is 10.7. The van der Waals surface area contributed by atoms with Crippen LogP contribution in [0.5, 0.6) is 17.2 Å². The summed E-state index contributed by atoms with van der Waals surface area (Å²) in [5, 5.41) is 21.5. The molecule has 7 heteroatoms. The molecule has 0 fully saturated rings. The molecule has 138 valence electrons. The fraction of sp³-hybridized carbons (Fsp3) is 0.263. The van der Waals surface area contributed by atoms with Crippen LogP contribution in [0.3, 0.4) is 0 Å². The molecule has 2 rings (SSSR count). The summed E-state index contributed by atoms with van der Waals surface area (Å²) in [6.07, 6.45) is 0.752. The molecule has 0 saturated carbocycles. The number of aromatic hydroxyl groups is 2. The number of carbonyl (C=O) groups excluding carboxylic acids is 2. The molecular weight excluding hydrogens is 338 g/mol. The summed E-state index contributed by atoms with van der Waals surface area (Å²) in [4.78, 5) is 23.6. The number of benzene rings is 2. The van der Waals surface area contributed by atoms with E-state index < -0.39 is 5.91 Å². The number of phenols is 2. The Morgan fingerprint density at radius 2 is 1.85 bits per heavy atom. The maximum Gasteiger partial charge on any atom is 0.305 e. The largest absolute Gasteiger partial charge is 0.504 e. The van der Waals surface area contributed by atoms with Crippen LogP contribution in [0.1, 0.15) is 30.1 Å². The van der Waals surface area contributed by atoms with Gasteiger partial charge in [-0.2, -0.15) is 0 Å². The Kier molecular flexibility index (Phi) is 6.84. The molecule has 0 radical (unpaired) electrons. The van der Waals surface area contributed by atoms with Crippen LogP contribution in [0.2, 0.25) is 0 Å². The zero-order valence-corrected chi connectivity index (χ0v) is 14.4. The van der Waals surface area contributed by atoms with Gasteiger partial charge in [-0.05, 0) is 43.7 Å². The molecule has 0 aliphatic rings. The maximum atomic E-state index is 12.3. The number of ether oxygens (including phenoxy) is 2. The van der Waals surface area contributed by atoms with E-state index in [9.17, 15) is 19.8 Å². The van der Waals surface area contributed by atoms with Crippen molar-refractivity contribution < 1.29 is 29.3 Å². The Morgan fingerprint density at radius 1 is 1.08 bits per heavy atom. The SMILES string of the molecule is CCOC(=O)CCCOc1ccccc1NC(=O)c1ccc(O)c(O)c1. The minimum absolute atomic E-state index is 0.192. The van der Waals surface area contributed by atoms with E-state index in [1.54, 1.807) is 31.2 Å². The summed E-state index contributed by atoms with van der Waals surface area (Å²) in [5.41, 5.74) is 0.651. The van der Waals surface area contributed by atoms with Crippen molar-refractivity contribution in [2.24, 2.45) is 0 Å². The number of carbonyl (C=O) groups is 2. The fourth-order valence-corrected chi connectivity index (χ4v) is 2.19. The molecule has 0 saturated heterocycles. The third-order valence-corrected chi connectivity index (χ3v) is 3.46. The van der Waals surface area contributed by atoms with E-state index in [2.05, 4.69) is 5.32 Å². The molecule has 1 amide bonds. The first-order valence-electron chi connectivity index (χ1n) is 8.22. The fourth-order valence-electron chi connectivity index (χ4n) is 2.19.